The van der Waals surface area contributed by atoms with Crippen LogP contribution in [0.3, 0.4) is 0 Å². The summed E-state index contributed by atoms with van der Waals surface area (Å²) in [5, 5.41) is 27.6. The normalized spacial score (nSPS) is 18.6. The first kappa shape index (κ1) is 45.6. The zero-order valence-corrected chi connectivity index (χ0v) is 37.9. The first-order chi connectivity index (χ1) is 33.1. The number of carbonyl (C=O) groups excluding carboxylic acids is 3. The zero-order chi connectivity index (χ0) is 47.1. The van der Waals surface area contributed by atoms with E-state index < -0.39 is 11.9 Å². The molecule has 68 heavy (non-hydrogen) atoms. The minimum Gasteiger partial charge on any atom is -0.477 e. The van der Waals surface area contributed by atoms with Crippen LogP contribution in [0.1, 0.15) is 73.4 Å². The van der Waals surface area contributed by atoms with Crippen molar-refractivity contribution >= 4 is 34.2 Å². The molecule has 3 aromatic carbocycles. The molecule has 0 aliphatic carbocycles. The van der Waals surface area contributed by atoms with Gasteiger partial charge in [0.1, 0.15) is 6.04 Å². The van der Waals surface area contributed by atoms with Crippen LogP contribution in [0.15, 0.2) is 94.6 Å². The Morgan fingerprint density at radius 2 is 1.74 bits per heavy atom. The first-order valence-electron chi connectivity index (χ1n) is 23.3. The summed E-state index contributed by atoms with van der Waals surface area (Å²) in [6.45, 7) is 6.78. The lowest BCUT2D eigenvalue weighted by Crippen LogP contribution is -2.48. The van der Waals surface area contributed by atoms with Gasteiger partial charge in [-0.25, -0.2) is 14.8 Å². The Hall–Kier alpha value is -7.58. The monoisotopic (exact) mass is 915 g/mol. The molecule has 9 rings (SSSR count). The van der Waals surface area contributed by atoms with Crippen LogP contribution in [-0.2, 0) is 20.8 Å². The lowest BCUT2D eigenvalue weighted by atomic mass is 9.83. The number of benzene rings is 3. The van der Waals surface area contributed by atoms with Crippen molar-refractivity contribution in [2.75, 3.05) is 50.8 Å². The summed E-state index contributed by atoms with van der Waals surface area (Å²) < 4.78 is 7.51. The minimum atomic E-state index is -0.819. The van der Waals surface area contributed by atoms with Crippen LogP contribution in [0.25, 0.3) is 33.4 Å². The van der Waals surface area contributed by atoms with Crippen molar-refractivity contribution in [2.24, 2.45) is 11.8 Å². The Kier molecular flexibility index (Phi) is 13.7. The molecule has 3 aliphatic rings. The van der Waals surface area contributed by atoms with Crippen molar-refractivity contribution < 1.29 is 19.1 Å². The molecular formula is C51H53N11O6. The van der Waals surface area contributed by atoms with E-state index >= 15 is 0 Å². The molecule has 0 radical (unpaired) electrons. The van der Waals surface area contributed by atoms with Gasteiger partial charge in [0.15, 0.2) is 5.82 Å². The number of aromatic amines is 1. The first-order valence-corrected chi connectivity index (χ1v) is 23.3. The summed E-state index contributed by atoms with van der Waals surface area (Å²) in [5.41, 5.74) is 5.14. The number of hydrogen-bond acceptors (Lipinski definition) is 13. The highest BCUT2D eigenvalue weighted by Gasteiger charge is 2.31. The number of carbonyl (C=O) groups is 3. The van der Waals surface area contributed by atoms with Crippen molar-refractivity contribution in [1.29, 1.82) is 5.26 Å². The predicted molar refractivity (Wildman–Crippen MR) is 255 cm³/mol. The summed E-state index contributed by atoms with van der Waals surface area (Å²) in [5.74, 6) is 1.16. The molecule has 3 unspecified atom stereocenters. The van der Waals surface area contributed by atoms with Crippen LogP contribution in [0, 0.1) is 30.1 Å². The number of amides is 3. The highest BCUT2D eigenvalue weighted by molar-refractivity contribution is 5.99. The number of hydrogen-bond donors (Lipinski definition) is 3. The quantitative estimate of drug-likeness (QED) is 0.0983. The molecule has 3 atom stereocenters. The predicted octanol–water partition coefficient (Wildman–Crippen LogP) is 4.87. The summed E-state index contributed by atoms with van der Waals surface area (Å²) in [7, 11) is 0. The number of nitrogens with one attached hydrogen (secondary N) is 3. The minimum absolute atomic E-state index is 0.160. The van der Waals surface area contributed by atoms with Gasteiger partial charge in [-0.3, -0.25) is 29.3 Å². The highest BCUT2D eigenvalue weighted by Crippen LogP contribution is 2.28. The average Bonchev–Trinajstić information content (AvgIpc) is 3.37. The van der Waals surface area contributed by atoms with Gasteiger partial charge < -0.3 is 19.9 Å². The van der Waals surface area contributed by atoms with E-state index in [1.807, 2.05) is 54.3 Å². The Balaban J connectivity index is 0.725. The fraction of sp³-hybridized carbons (Fsp3) is 0.373. The van der Waals surface area contributed by atoms with E-state index in [-0.39, 0.29) is 35.8 Å². The molecule has 0 spiro atoms. The third-order valence-corrected chi connectivity index (χ3v) is 13.4. The van der Waals surface area contributed by atoms with E-state index in [1.165, 1.54) is 4.68 Å². The number of aryl methyl sites for hydroxylation is 1. The lowest BCUT2D eigenvalue weighted by Gasteiger charge is -2.36. The number of aromatic nitrogens is 6. The molecule has 0 saturated carbocycles. The number of anilines is 1. The topological polar surface area (TPSA) is 221 Å². The Morgan fingerprint density at radius 1 is 0.897 bits per heavy atom. The maximum Gasteiger partial charge on any atom is 0.275 e. The van der Waals surface area contributed by atoms with Crippen LogP contribution >= 0.6 is 0 Å². The molecule has 3 saturated heterocycles. The number of nitrogens with zero attached hydrogens (tertiary/aromatic N) is 8. The fourth-order valence-electron chi connectivity index (χ4n) is 9.53. The Bertz CT molecular complexity index is 3010. The smallest absolute Gasteiger partial charge is 0.275 e. The van der Waals surface area contributed by atoms with Gasteiger partial charge >= 0.3 is 0 Å². The van der Waals surface area contributed by atoms with Gasteiger partial charge in [-0.15, -0.1) is 0 Å². The largest absolute Gasteiger partial charge is 0.477 e. The molecule has 3 N–H and O–H groups in total. The van der Waals surface area contributed by atoms with Crippen molar-refractivity contribution in [3.63, 3.8) is 0 Å². The van der Waals surface area contributed by atoms with Gasteiger partial charge in [0, 0.05) is 85.5 Å². The standard InChI is InChI=1S/C51H53N11O6/c1-32-42-28-40(13-14-41(42)51(67)62(59-32)44-15-16-45(63)55-50(44)66)60-21-23-61(24-22-60)47(64)8-3-2-6-37-30-53-19-17-38(37)31-68-46-18-20-54-48(56-46)35-11-9-33(10-12-35)25-39-27-43(57-58-49(39)65)36-7-4-5-34(26-36)29-52/h4-5,7,9-14,18,20,26-28,37-38,44,53H,2-3,6,8,15-17,19,21-25,30-31H2,1H3,(H,58,65)(H,55,63,66). The molecule has 3 aliphatic heterocycles. The van der Waals surface area contributed by atoms with Crippen molar-refractivity contribution in [2.45, 2.75) is 64.3 Å². The third-order valence-electron chi connectivity index (χ3n) is 13.4. The number of ether oxygens (including phenoxy) is 1. The number of fused-ring (bicyclic) bond motifs is 1. The Morgan fingerprint density at radius 3 is 2.54 bits per heavy atom. The van der Waals surface area contributed by atoms with Crippen LogP contribution < -0.4 is 31.4 Å². The van der Waals surface area contributed by atoms with Gasteiger partial charge in [-0.1, -0.05) is 42.8 Å². The van der Waals surface area contributed by atoms with Crippen molar-refractivity contribution in [1.82, 2.24) is 45.5 Å². The highest BCUT2D eigenvalue weighted by atomic mass is 16.5. The van der Waals surface area contributed by atoms with Crippen molar-refractivity contribution in [3.8, 4) is 34.6 Å². The summed E-state index contributed by atoms with van der Waals surface area (Å²) in [6.07, 6.45) is 6.77. The van der Waals surface area contributed by atoms with E-state index in [4.69, 9.17) is 9.72 Å². The molecule has 348 valence electrons. The molecule has 3 amide bonds. The second-order valence-electron chi connectivity index (χ2n) is 17.9. The Labute approximate surface area is 392 Å². The van der Waals surface area contributed by atoms with Gasteiger partial charge in [-0.2, -0.15) is 20.4 Å². The molecule has 6 aromatic rings. The molecule has 3 fully saturated rings. The van der Waals surface area contributed by atoms with Gasteiger partial charge in [0.25, 0.3) is 17.0 Å². The van der Waals surface area contributed by atoms with E-state index in [0.29, 0.717) is 97.1 Å². The van der Waals surface area contributed by atoms with Crippen LogP contribution in [0.4, 0.5) is 5.69 Å². The number of nitriles is 1. The van der Waals surface area contributed by atoms with E-state index in [9.17, 15) is 29.2 Å². The number of imide groups is 1. The van der Waals surface area contributed by atoms with Gasteiger partial charge in [-0.05, 0) is 99.5 Å². The molecule has 0 bridgehead atoms. The fourth-order valence-corrected chi connectivity index (χ4v) is 9.53. The number of unbranched alkanes of at least 4 members (excludes halogenated alkanes) is 1. The summed E-state index contributed by atoms with van der Waals surface area (Å²) >= 11 is 0. The SMILES string of the molecule is Cc1nn(C2CCC(=O)NC2=O)c(=O)c2ccc(N3CCN(C(=O)CCCCC4CNCCC4COc4ccnc(-c5ccc(Cc6cc(-c7cccc(C#N)c7)n[nH]c6=O)cc5)n4)CC3)cc12. The maximum absolute atomic E-state index is 13.4. The van der Waals surface area contributed by atoms with E-state index in [0.717, 1.165) is 66.5 Å². The second kappa shape index (κ2) is 20.5. The number of piperazine rings is 1. The summed E-state index contributed by atoms with van der Waals surface area (Å²) in [6, 6.07) is 25.4. The van der Waals surface area contributed by atoms with Crippen LogP contribution in [0.5, 0.6) is 5.88 Å². The molecular weight excluding hydrogens is 863 g/mol. The number of piperidine rings is 2. The van der Waals surface area contributed by atoms with Gasteiger partial charge in [0.2, 0.25) is 17.7 Å². The molecule has 6 heterocycles. The van der Waals surface area contributed by atoms with Crippen molar-refractivity contribution in [3.05, 3.63) is 128 Å². The number of rotatable bonds is 14. The van der Waals surface area contributed by atoms with E-state index in [2.05, 4.69) is 41.9 Å². The average molecular weight is 916 g/mol. The van der Waals surface area contributed by atoms with Crippen LogP contribution in [0.2, 0.25) is 0 Å². The number of H-pyrrole nitrogens is 1. The molecule has 17 heteroatoms. The van der Waals surface area contributed by atoms with E-state index in [1.54, 1.807) is 42.6 Å². The third kappa shape index (κ3) is 10.3. The zero-order valence-electron chi connectivity index (χ0n) is 37.9. The van der Waals surface area contributed by atoms with Crippen LogP contribution in [-0.4, -0.2) is 98.4 Å². The summed E-state index contributed by atoms with van der Waals surface area (Å²) in [4.78, 5) is 77.0. The molecule has 3 aromatic heterocycles. The lowest BCUT2D eigenvalue weighted by molar-refractivity contribution is -0.136. The molecule has 17 nitrogen and oxygen atoms in total. The van der Waals surface area contributed by atoms with Gasteiger partial charge in [0.05, 0.1) is 35.0 Å². The second-order valence-corrected chi connectivity index (χ2v) is 17.9. The maximum atomic E-state index is 13.4.